The molecule has 0 spiro atoms. The number of nitrogens with one attached hydrogen (secondary N) is 1. The van der Waals surface area contributed by atoms with E-state index in [9.17, 15) is 13.6 Å². The maximum Gasteiger partial charge on any atom is 0.237 e. The number of carbonyl (C=O) groups is 1. The highest BCUT2D eigenvalue weighted by atomic mass is 32.2. The van der Waals surface area contributed by atoms with E-state index >= 15 is 0 Å². The van der Waals surface area contributed by atoms with E-state index in [1.807, 2.05) is 28.8 Å². The number of fused-ring (bicyclic) bond motifs is 1. The van der Waals surface area contributed by atoms with E-state index in [-0.39, 0.29) is 5.69 Å². The third-order valence-corrected chi connectivity index (χ3v) is 4.32. The van der Waals surface area contributed by atoms with Gasteiger partial charge in [0.15, 0.2) is 5.16 Å². The SMILES string of the molecule is CC(Sc1ncc2ccccn12)C(=O)Nc1cc(F)ccc1F. The fraction of sp³-hybridized carbons (Fsp3) is 0.125. The summed E-state index contributed by atoms with van der Waals surface area (Å²) in [6.07, 6.45) is 3.56. The number of halogens is 2. The second kappa shape index (κ2) is 6.37. The van der Waals surface area contributed by atoms with E-state index in [1.165, 1.54) is 11.8 Å². The second-order valence-electron chi connectivity index (χ2n) is 4.91. The summed E-state index contributed by atoms with van der Waals surface area (Å²) in [4.78, 5) is 16.4. The Morgan fingerprint density at radius 3 is 2.96 bits per heavy atom. The van der Waals surface area contributed by atoms with Gasteiger partial charge < -0.3 is 5.32 Å². The van der Waals surface area contributed by atoms with Crippen molar-refractivity contribution >= 4 is 28.9 Å². The number of pyridine rings is 1. The van der Waals surface area contributed by atoms with Crippen LogP contribution in [0.4, 0.5) is 14.5 Å². The first-order chi connectivity index (χ1) is 11.0. The van der Waals surface area contributed by atoms with Crippen LogP contribution in [-0.4, -0.2) is 20.5 Å². The normalized spacial score (nSPS) is 12.3. The molecular weight excluding hydrogens is 320 g/mol. The van der Waals surface area contributed by atoms with E-state index in [1.54, 1.807) is 13.1 Å². The molecule has 0 saturated carbocycles. The Labute approximate surface area is 135 Å². The first-order valence-corrected chi connectivity index (χ1v) is 7.77. The number of aromatic nitrogens is 2. The predicted molar refractivity (Wildman–Crippen MR) is 85.5 cm³/mol. The van der Waals surface area contributed by atoms with Crippen molar-refractivity contribution in [1.29, 1.82) is 0 Å². The summed E-state index contributed by atoms with van der Waals surface area (Å²) in [5.74, 6) is -1.71. The largest absolute Gasteiger partial charge is 0.323 e. The van der Waals surface area contributed by atoms with E-state index in [0.29, 0.717) is 5.16 Å². The Bertz CT molecular complexity index is 865. The molecule has 4 nitrogen and oxygen atoms in total. The molecule has 1 amide bonds. The van der Waals surface area contributed by atoms with Crippen LogP contribution in [0.2, 0.25) is 0 Å². The Morgan fingerprint density at radius 1 is 1.30 bits per heavy atom. The van der Waals surface area contributed by atoms with Gasteiger partial charge in [-0.2, -0.15) is 0 Å². The molecule has 0 fully saturated rings. The number of hydrogen-bond acceptors (Lipinski definition) is 3. The lowest BCUT2D eigenvalue weighted by molar-refractivity contribution is -0.115. The highest BCUT2D eigenvalue weighted by Gasteiger charge is 2.18. The van der Waals surface area contributed by atoms with Gasteiger partial charge in [-0.05, 0) is 31.2 Å². The Kier molecular flexibility index (Phi) is 4.29. The summed E-state index contributed by atoms with van der Waals surface area (Å²) < 4.78 is 28.6. The highest BCUT2D eigenvalue weighted by Crippen LogP contribution is 2.24. The molecule has 0 radical (unpaired) electrons. The molecule has 0 aliphatic heterocycles. The van der Waals surface area contributed by atoms with Crippen molar-refractivity contribution in [3.05, 3.63) is 60.4 Å². The molecule has 3 aromatic rings. The molecular formula is C16H13F2N3OS. The Balaban J connectivity index is 1.74. The highest BCUT2D eigenvalue weighted by molar-refractivity contribution is 8.00. The quantitative estimate of drug-likeness (QED) is 0.740. The first-order valence-electron chi connectivity index (χ1n) is 6.89. The molecule has 1 unspecified atom stereocenters. The van der Waals surface area contributed by atoms with Gasteiger partial charge in [-0.15, -0.1) is 0 Å². The third-order valence-electron chi connectivity index (χ3n) is 3.24. The molecule has 118 valence electrons. The molecule has 0 bridgehead atoms. The summed E-state index contributed by atoms with van der Waals surface area (Å²) in [5, 5.41) is 2.53. The van der Waals surface area contributed by atoms with Crippen LogP contribution in [0.3, 0.4) is 0 Å². The van der Waals surface area contributed by atoms with Crippen molar-refractivity contribution in [3.8, 4) is 0 Å². The van der Waals surface area contributed by atoms with Gasteiger partial charge in [0.25, 0.3) is 0 Å². The summed E-state index contributed by atoms with van der Waals surface area (Å²) in [6.45, 7) is 1.68. The minimum atomic E-state index is -0.678. The van der Waals surface area contributed by atoms with Gasteiger partial charge in [-0.25, -0.2) is 13.8 Å². The molecule has 1 aromatic carbocycles. The van der Waals surface area contributed by atoms with Crippen LogP contribution < -0.4 is 5.32 Å². The van der Waals surface area contributed by atoms with Gasteiger partial charge in [0.1, 0.15) is 11.6 Å². The number of imidazole rings is 1. The summed E-state index contributed by atoms with van der Waals surface area (Å²) >= 11 is 1.24. The molecule has 1 N–H and O–H groups in total. The number of nitrogens with zero attached hydrogens (tertiary/aromatic N) is 2. The van der Waals surface area contributed by atoms with Crippen LogP contribution >= 0.6 is 11.8 Å². The maximum atomic E-state index is 13.6. The minimum absolute atomic E-state index is 0.171. The zero-order valence-corrected chi connectivity index (χ0v) is 13.0. The van der Waals surface area contributed by atoms with Crippen LogP contribution in [-0.2, 0) is 4.79 Å². The van der Waals surface area contributed by atoms with Crippen molar-refractivity contribution in [3.63, 3.8) is 0 Å². The van der Waals surface area contributed by atoms with E-state index < -0.39 is 22.8 Å². The lowest BCUT2D eigenvalue weighted by Crippen LogP contribution is -2.23. The molecule has 2 aromatic heterocycles. The lowest BCUT2D eigenvalue weighted by atomic mass is 10.3. The molecule has 0 aliphatic rings. The fourth-order valence-electron chi connectivity index (χ4n) is 2.05. The topological polar surface area (TPSA) is 46.4 Å². The molecule has 7 heteroatoms. The molecule has 1 atom stereocenters. The van der Waals surface area contributed by atoms with Gasteiger partial charge in [-0.3, -0.25) is 9.20 Å². The zero-order chi connectivity index (χ0) is 16.4. The van der Waals surface area contributed by atoms with Gasteiger partial charge in [-0.1, -0.05) is 17.8 Å². The van der Waals surface area contributed by atoms with E-state index in [2.05, 4.69) is 10.3 Å². The zero-order valence-electron chi connectivity index (χ0n) is 12.2. The molecule has 0 saturated heterocycles. The number of amides is 1. The first kappa shape index (κ1) is 15.5. The van der Waals surface area contributed by atoms with Crippen molar-refractivity contribution in [2.45, 2.75) is 17.3 Å². The average molecular weight is 333 g/mol. The number of thioether (sulfide) groups is 1. The second-order valence-corrected chi connectivity index (χ2v) is 6.22. The molecule has 0 aliphatic carbocycles. The smallest absolute Gasteiger partial charge is 0.237 e. The van der Waals surface area contributed by atoms with Crippen LogP contribution in [0.25, 0.3) is 5.52 Å². The van der Waals surface area contributed by atoms with E-state index in [0.717, 1.165) is 23.7 Å². The maximum absolute atomic E-state index is 13.6. The van der Waals surface area contributed by atoms with Gasteiger partial charge in [0.05, 0.1) is 22.7 Å². The monoisotopic (exact) mass is 333 g/mol. The Morgan fingerprint density at radius 2 is 2.13 bits per heavy atom. The van der Waals surface area contributed by atoms with Crippen molar-refractivity contribution in [2.75, 3.05) is 5.32 Å². The third kappa shape index (κ3) is 3.34. The number of carbonyl (C=O) groups excluding carboxylic acids is 1. The van der Waals surface area contributed by atoms with E-state index in [4.69, 9.17) is 0 Å². The Hall–Kier alpha value is -2.41. The minimum Gasteiger partial charge on any atom is -0.323 e. The van der Waals surface area contributed by atoms with Gasteiger partial charge in [0.2, 0.25) is 5.91 Å². The summed E-state index contributed by atoms with van der Waals surface area (Å²) in [7, 11) is 0. The van der Waals surface area contributed by atoms with Crippen LogP contribution in [0.5, 0.6) is 0 Å². The van der Waals surface area contributed by atoms with Gasteiger partial charge >= 0.3 is 0 Å². The predicted octanol–water partition coefficient (Wildman–Crippen LogP) is 3.73. The number of rotatable bonds is 4. The fourth-order valence-corrected chi connectivity index (χ4v) is 2.92. The lowest BCUT2D eigenvalue weighted by Gasteiger charge is -2.12. The van der Waals surface area contributed by atoms with Crippen molar-refractivity contribution in [2.24, 2.45) is 0 Å². The number of hydrogen-bond donors (Lipinski definition) is 1. The summed E-state index contributed by atoms with van der Waals surface area (Å²) in [6, 6.07) is 8.60. The van der Waals surface area contributed by atoms with Crippen LogP contribution in [0.1, 0.15) is 6.92 Å². The summed E-state index contributed by atoms with van der Waals surface area (Å²) in [5.41, 5.74) is 0.745. The molecule has 2 heterocycles. The van der Waals surface area contributed by atoms with Crippen LogP contribution in [0.15, 0.2) is 53.9 Å². The van der Waals surface area contributed by atoms with Crippen LogP contribution in [0, 0.1) is 11.6 Å². The molecule has 3 rings (SSSR count). The average Bonchev–Trinajstić information content (AvgIpc) is 2.94. The van der Waals surface area contributed by atoms with Crippen molar-refractivity contribution < 1.29 is 13.6 Å². The van der Waals surface area contributed by atoms with Gasteiger partial charge in [0, 0.05) is 12.3 Å². The van der Waals surface area contributed by atoms with Crippen molar-refractivity contribution in [1.82, 2.24) is 9.38 Å². The molecule has 23 heavy (non-hydrogen) atoms. The number of anilines is 1. The standard InChI is InChI=1S/C16H13F2N3OS/c1-10(15(22)20-14-8-11(17)5-6-13(14)18)23-16-19-9-12-4-2-3-7-21(12)16/h2-10H,1H3,(H,20,22). The number of benzene rings is 1.